The first-order chi connectivity index (χ1) is 13.5. The van der Waals surface area contributed by atoms with Gasteiger partial charge >= 0.3 is 5.97 Å². The molecule has 5 saturated heterocycles. The molecular weight excluding hydrogens is 356 g/mol. The standard InChI is InChI=1S/C22H24N2O4/c1-4-12-10-24-16-9-14(12)21(20(26)27-3)11-28-19(17(21)24)22(16)18(25)13-7-5-6-8-15(13)23(22)2/h4-8,14,16-17,19H,9-11H2,1-3H3. The van der Waals surface area contributed by atoms with E-state index < -0.39 is 11.0 Å². The van der Waals surface area contributed by atoms with Crippen LogP contribution in [0.25, 0.3) is 0 Å². The van der Waals surface area contributed by atoms with Gasteiger partial charge in [0, 0.05) is 36.8 Å². The number of piperidine rings is 3. The Balaban J connectivity index is 1.58. The Morgan fingerprint density at radius 3 is 2.86 bits per heavy atom. The van der Waals surface area contributed by atoms with E-state index in [9.17, 15) is 9.59 Å². The number of carbonyl (C=O) groups excluding carboxylic acids is 2. The number of methoxy groups -OCH3 is 1. The maximum absolute atomic E-state index is 13.9. The van der Waals surface area contributed by atoms with Gasteiger partial charge in [0.2, 0.25) is 0 Å². The number of esters is 1. The minimum atomic E-state index is -0.766. The molecule has 6 heterocycles. The summed E-state index contributed by atoms with van der Waals surface area (Å²) in [5.41, 5.74) is 1.51. The third kappa shape index (κ3) is 1.44. The Labute approximate surface area is 164 Å². The normalized spacial score (nSPS) is 46.0. The van der Waals surface area contributed by atoms with Crippen molar-refractivity contribution in [3.8, 4) is 0 Å². The van der Waals surface area contributed by atoms with Crippen molar-refractivity contribution in [1.29, 1.82) is 0 Å². The number of hydrogen-bond acceptors (Lipinski definition) is 6. The molecule has 28 heavy (non-hydrogen) atoms. The second-order valence-corrected chi connectivity index (χ2v) is 8.78. The van der Waals surface area contributed by atoms with Gasteiger partial charge in [-0.3, -0.25) is 14.5 Å². The number of hydrogen-bond donors (Lipinski definition) is 0. The fraction of sp³-hybridized carbons (Fsp3) is 0.545. The zero-order chi connectivity index (χ0) is 19.4. The first-order valence-corrected chi connectivity index (χ1v) is 10.0. The average Bonchev–Trinajstić information content (AvgIpc) is 3.32. The van der Waals surface area contributed by atoms with Crippen LogP contribution in [0.1, 0.15) is 23.7 Å². The topological polar surface area (TPSA) is 59.1 Å². The highest BCUT2D eigenvalue weighted by atomic mass is 16.5. The van der Waals surface area contributed by atoms with Crippen LogP contribution in [0.2, 0.25) is 0 Å². The fourth-order valence-corrected chi connectivity index (χ4v) is 7.24. The number of rotatable bonds is 1. The summed E-state index contributed by atoms with van der Waals surface area (Å²) in [4.78, 5) is 31.5. The minimum absolute atomic E-state index is 0.0409. The third-order valence-electron chi connectivity index (χ3n) is 8.27. The van der Waals surface area contributed by atoms with E-state index in [2.05, 4.69) is 15.9 Å². The largest absolute Gasteiger partial charge is 0.468 e. The lowest BCUT2D eigenvalue weighted by Crippen LogP contribution is -2.68. The Hall–Kier alpha value is -2.18. The van der Waals surface area contributed by atoms with Crippen LogP contribution in [-0.2, 0) is 14.3 Å². The number of likely N-dealkylation sites (N-methyl/N-ethyl adjacent to an activating group) is 1. The molecule has 0 aliphatic carbocycles. The Bertz CT molecular complexity index is 958. The molecule has 5 fully saturated rings. The number of ketones is 1. The molecule has 7 unspecified atom stereocenters. The highest BCUT2D eigenvalue weighted by molar-refractivity contribution is 6.15. The van der Waals surface area contributed by atoms with E-state index in [-0.39, 0.29) is 35.9 Å². The zero-order valence-electron chi connectivity index (χ0n) is 16.3. The number of nitrogens with zero attached hydrogens (tertiary/aromatic N) is 2. The van der Waals surface area contributed by atoms with Gasteiger partial charge < -0.3 is 14.4 Å². The van der Waals surface area contributed by atoms with E-state index in [0.717, 1.165) is 24.2 Å². The number of fused-ring (bicyclic) bond motifs is 3. The second kappa shape index (κ2) is 5.05. The SMILES string of the molecule is CC=C1CN2C3C4OCC3(C(=O)OC)C1CC2C41C(=O)c2ccccc2N1C. The molecule has 0 aromatic heterocycles. The van der Waals surface area contributed by atoms with Crippen molar-refractivity contribution < 1.29 is 19.1 Å². The van der Waals surface area contributed by atoms with Crippen molar-refractivity contribution in [3.05, 3.63) is 41.5 Å². The molecule has 7 rings (SSSR count). The number of benzene rings is 1. The summed E-state index contributed by atoms with van der Waals surface area (Å²) >= 11 is 0. The van der Waals surface area contributed by atoms with Crippen molar-refractivity contribution in [2.45, 2.75) is 37.1 Å². The lowest BCUT2D eigenvalue weighted by Gasteiger charge is -2.56. The molecule has 1 aromatic rings. The zero-order valence-corrected chi connectivity index (χ0v) is 16.3. The van der Waals surface area contributed by atoms with Crippen LogP contribution >= 0.6 is 0 Å². The molecule has 1 spiro atoms. The molecule has 4 bridgehead atoms. The maximum atomic E-state index is 13.9. The molecular formula is C22H24N2O4. The predicted octanol–water partition coefficient (Wildman–Crippen LogP) is 1.65. The van der Waals surface area contributed by atoms with Crippen molar-refractivity contribution in [1.82, 2.24) is 4.90 Å². The highest BCUT2D eigenvalue weighted by Crippen LogP contribution is 2.66. The molecule has 0 amide bonds. The van der Waals surface area contributed by atoms with E-state index in [1.54, 1.807) is 0 Å². The summed E-state index contributed by atoms with van der Waals surface area (Å²) in [5, 5.41) is 0. The fourth-order valence-electron chi connectivity index (χ4n) is 7.24. The lowest BCUT2D eigenvalue weighted by atomic mass is 9.61. The van der Waals surface area contributed by atoms with Crippen LogP contribution < -0.4 is 4.90 Å². The number of allylic oxidation sites excluding steroid dienone is 1. The first-order valence-electron chi connectivity index (χ1n) is 10.0. The van der Waals surface area contributed by atoms with Crippen LogP contribution in [0.5, 0.6) is 0 Å². The predicted molar refractivity (Wildman–Crippen MR) is 102 cm³/mol. The van der Waals surface area contributed by atoms with E-state index in [4.69, 9.17) is 9.47 Å². The molecule has 0 saturated carbocycles. The summed E-state index contributed by atoms with van der Waals surface area (Å²) in [5.74, 6) is 0.00717. The molecule has 0 radical (unpaired) electrons. The first kappa shape index (κ1) is 16.7. The van der Waals surface area contributed by atoms with Crippen LogP contribution in [0.15, 0.2) is 35.9 Å². The van der Waals surface area contributed by atoms with Crippen molar-refractivity contribution >= 4 is 17.4 Å². The van der Waals surface area contributed by atoms with Crippen LogP contribution in [0.3, 0.4) is 0 Å². The molecule has 146 valence electrons. The van der Waals surface area contributed by atoms with Crippen LogP contribution in [-0.4, -0.2) is 67.7 Å². The molecule has 6 aliphatic heterocycles. The highest BCUT2D eigenvalue weighted by Gasteiger charge is 2.82. The van der Waals surface area contributed by atoms with E-state index in [1.165, 1.54) is 12.7 Å². The Kier molecular flexibility index (Phi) is 3.02. The molecule has 6 heteroatoms. The molecule has 0 N–H and O–H groups in total. The van der Waals surface area contributed by atoms with Crippen LogP contribution in [0.4, 0.5) is 5.69 Å². The monoisotopic (exact) mass is 380 g/mol. The van der Waals surface area contributed by atoms with Gasteiger partial charge in [-0.2, -0.15) is 0 Å². The summed E-state index contributed by atoms with van der Waals surface area (Å²) < 4.78 is 11.7. The number of Topliss-reactive ketones (excluding diaryl/α,β-unsaturated/α-hetero) is 1. The molecule has 1 aromatic carbocycles. The molecule has 7 atom stereocenters. The van der Waals surface area contributed by atoms with E-state index in [1.807, 2.05) is 38.2 Å². The minimum Gasteiger partial charge on any atom is -0.468 e. The summed E-state index contributed by atoms with van der Waals surface area (Å²) in [6.45, 7) is 3.16. The number of para-hydroxylation sites is 1. The summed E-state index contributed by atoms with van der Waals surface area (Å²) in [6.07, 6.45) is 2.59. The number of carbonyl (C=O) groups is 2. The van der Waals surface area contributed by atoms with Gasteiger partial charge in [0.1, 0.15) is 17.1 Å². The maximum Gasteiger partial charge on any atom is 0.316 e. The van der Waals surface area contributed by atoms with Crippen LogP contribution in [0, 0.1) is 11.3 Å². The average molecular weight is 380 g/mol. The number of ether oxygens (including phenoxy) is 2. The Morgan fingerprint density at radius 1 is 1.36 bits per heavy atom. The summed E-state index contributed by atoms with van der Waals surface area (Å²) in [6, 6.07) is 7.74. The second-order valence-electron chi connectivity index (χ2n) is 8.78. The van der Waals surface area contributed by atoms with E-state index in [0.29, 0.717) is 6.61 Å². The van der Waals surface area contributed by atoms with Gasteiger partial charge in [-0.1, -0.05) is 23.8 Å². The van der Waals surface area contributed by atoms with Gasteiger partial charge in [-0.25, -0.2) is 0 Å². The molecule has 6 aliphatic rings. The van der Waals surface area contributed by atoms with Crippen molar-refractivity contribution in [2.75, 3.05) is 32.2 Å². The Morgan fingerprint density at radius 2 is 2.14 bits per heavy atom. The number of anilines is 1. The quantitative estimate of drug-likeness (QED) is 0.545. The van der Waals surface area contributed by atoms with Gasteiger partial charge in [-0.15, -0.1) is 0 Å². The van der Waals surface area contributed by atoms with Gasteiger partial charge in [0.05, 0.1) is 19.8 Å². The molecule has 6 nitrogen and oxygen atoms in total. The van der Waals surface area contributed by atoms with Gasteiger partial charge in [-0.05, 0) is 25.5 Å². The van der Waals surface area contributed by atoms with Crippen molar-refractivity contribution in [2.24, 2.45) is 11.3 Å². The lowest BCUT2D eigenvalue weighted by molar-refractivity contribution is -0.167. The summed E-state index contributed by atoms with van der Waals surface area (Å²) in [7, 11) is 3.47. The van der Waals surface area contributed by atoms with Gasteiger partial charge in [0.25, 0.3) is 0 Å². The smallest absolute Gasteiger partial charge is 0.316 e. The third-order valence-corrected chi connectivity index (χ3v) is 8.27. The van der Waals surface area contributed by atoms with E-state index >= 15 is 0 Å². The van der Waals surface area contributed by atoms with Gasteiger partial charge in [0.15, 0.2) is 5.78 Å². The van der Waals surface area contributed by atoms with Crippen molar-refractivity contribution in [3.63, 3.8) is 0 Å².